The zero-order valence-electron chi connectivity index (χ0n) is 11.3. The van der Waals surface area contributed by atoms with Crippen LogP contribution in [0.25, 0.3) is 0 Å². The monoisotopic (exact) mass is 261 g/mol. The van der Waals surface area contributed by atoms with Gasteiger partial charge in [-0.3, -0.25) is 9.59 Å². The van der Waals surface area contributed by atoms with E-state index in [1.807, 2.05) is 13.0 Å². The zero-order chi connectivity index (χ0) is 13.8. The molecule has 102 valence electrons. The van der Waals surface area contributed by atoms with Crippen LogP contribution in [0.5, 0.6) is 0 Å². The maximum absolute atomic E-state index is 12.1. The molecule has 0 atom stereocenters. The highest BCUT2D eigenvalue weighted by Gasteiger charge is 2.26. The van der Waals surface area contributed by atoms with E-state index < -0.39 is 0 Å². The molecule has 1 fully saturated rings. The maximum atomic E-state index is 12.1. The van der Waals surface area contributed by atoms with Gasteiger partial charge in [0.1, 0.15) is 5.82 Å². The summed E-state index contributed by atoms with van der Waals surface area (Å²) in [7, 11) is 0. The molecule has 2 rings (SSSR count). The Labute approximate surface area is 113 Å². The lowest BCUT2D eigenvalue weighted by Gasteiger charge is -2.30. The molecule has 1 aromatic rings. The molecule has 5 heteroatoms. The van der Waals surface area contributed by atoms with Crippen LogP contribution in [-0.2, 0) is 9.59 Å². The van der Waals surface area contributed by atoms with Crippen molar-refractivity contribution in [3.05, 3.63) is 23.9 Å². The molecule has 0 saturated carbocycles. The molecule has 2 amide bonds. The Hall–Kier alpha value is -1.91. The Balaban J connectivity index is 1.88. The predicted molar refractivity (Wildman–Crippen MR) is 72.6 cm³/mol. The van der Waals surface area contributed by atoms with E-state index in [9.17, 15) is 9.59 Å². The smallest absolute Gasteiger partial charge is 0.228 e. The van der Waals surface area contributed by atoms with E-state index >= 15 is 0 Å². The summed E-state index contributed by atoms with van der Waals surface area (Å²) in [6.07, 6.45) is 3.17. The second kappa shape index (κ2) is 5.82. The first-order valence-electron chi connectivity index (χ1n) is 6.55. The number of hydrogen-bond donors (Lipinski definition) is 1. The molecule has 0 unspecified atom stereocenters. The lowest BCUT2D eigenvalue weighted by molar-refractivity contribution is -0.132. The fraction of sp³-hybridized carbons (Fsp3) is 0.500. The van der Waals surface area contributed by atoms with Crippen molar-refractivity contribution in [2.75, 3.05) is 18.4 Å². The van der Waals surface area contributed by atoms with Crippen LogP contribution in [0, 0.1) is 12.8 Å². The van der Waals surface area contributed by atoms with Crippen molar-refractivity contribution in [1.82, 2.24) is 9.88 Å². The summed E-state index contributed by atoms with van der Waals surface area (Å²) in [6.45, 7) is 4.84. The zero-order valence-corrected chi connectivity index (χ0v) is 11.3. The van der Waals surface area contributed by atoms with Crippen LogP contribution in [0.2, 0.25) is 0 Å². The van der Waals surface area contributed by atoms with Crippen molar-refractivity contribution in [1.29, 1.82) is 0 Å². The number of hydrogen-bond acceptors (Lipinski definition) is 3. The largest absolute Gasteiger partial charge is 0.343 e. The summed E-state index contributed by atoms with van der Waals surface area (Å²) in [6, 6.07) is 3.72. The van der Waals surface area contributed by atoms with Gasteiger partial charge in [0.2, 0.25) is 11.8 Å². The molecular formula is C14H19N3O2. The van der Waals surface area contributed by atoms with E-state index in [-0.39, 0.29) is 17.7 Å². The minimum atomic E-state index is -0.0290. The van der Waals surface area contributed by atoms with Crippen molar-refractivity contribution >= 4 is 17.6 Å². The van der Waals surface area contributed by atoms with Gasteiger partial charge < -0.3 is 10.2 Å². The van der Waals surface area contributed by atoms with Crippen LogP contribution >= 0.6 is 0 Å². The summed E-state index contributed by atoms with van der Waals surface area (Å²) in [5.41, 5.74) is 1.06. The van der Waals surface area contributed by atoms with Crippen molar-refractivity contribution < 1.29 is 9.59 Å². The SMILES string of the molecule is CC(=O)N1CCC(C(=O)Nc2ccc(C)cn2)CC1. The summed E-state index contributed by atoms with van der Waals surface area (Å²) in [5.74, 6) is 0.641. The third kappa shape index (κ3) is 3.53. The van der Waals surface area contributed by atoms with Crippen molar-refractivity contribution in [3.63, 3.8) is 0 Å². The maximum Gasteiger partial charge on any atom is 0.228 e. The number of pyridine rings is 1. The normalized spacial score (nSPS) is 16.2. The number of anilines is 1. The van der Waals surface area contributed by atoms with Gasteiger partial charge >= 0.3 is 0 Å². The first-order chi connectivity index (χ1) is 9.06. The van der Waals surface area contributed by atoms with Gasteiger partial charge in [-0.25, -0.2) is 4.98 Å². The standard InChI is InChI=1S/C14H19N3O2/c1-10-3-4-13(15-9-10)16-14(19)12-5-7-17(8-6-12)11(2)18/h3-4,9,12H,5-8H2,1-2H3,(H,15,16,19). The number of aryl methyl sites for hydroxylation is 1. The second-order valence-electron chi connectivity index (χ2n) is 4.99. The molecule has 0 aromatic carbocycles. The molecule has 1 saturated heterocycles. The highest BCUT2D eigenvalue weighted by atomic mass is 16.2. The third-order valence-electron chi connectivity index (χ3n) is 3.47. The predicted octanol–water partition coefficient (Wildman–Crippen LogP) is 1.59. The highest BCUT2D eigenvalue weighted by molar-refractivity contribution is 5.91. The van der Waals surface area contributed by atoms with Gasteiger partial charge in [0.25, 0.3) is 0 Å². The number of piperidine rings is 1. The van der Waals surface area contributed by atoms with Crippen LogP contribution in [-0.4, -0.2) is 34.8 Å². The molecule has 0 aliphatic carbocycles. The van der Waals surface area contributed by atoms with Crippen molar-refractivity contribution in [2.24, 2.45) is 5.92 Å². The number of carbonyl (C=O) groups excluding carboxylic acids is 2. The summed E-state index contributed by atoms with van der Waals surface area (Å²) >= 11 is 0. The fourth-order valence-electron chi connectivity index (χ4n) is 2.23. The number of amides is 2. The van der Waals surface area contributed by atoms with E-state index in [2.05, 4.69) is 10.3 Å². The Morgan fingerprint density at radius 1 is 1.32 bits per heavy atom. The van der Waals surface area contributed by atoms with Gasteiger partial charge in [0.15, 0.2) is 0 Å². The third-order valence-corrected chi connectivity index (χ3v) is 3.47. The molecular weight excluding hydrogens is 242 g/mol. The fourth-order valence-corrected chi connectivity index (χ4v) is 2.23. The van der Waals surface area contributed by atoms with Crippen molar-refractivity contribution in [2.45, 2.75) is 26.7 Å². The lowest BCUT2D eigenvalue weighted by Crippen LogP contribution is -2.40. The lowest BCUT2D eigenvalue weighted by atomic mass is 9.96. The summed E-state index contributed by atoms with van der Waals surface area (Å²) < 4.78 is 0. The van der Waals surface area contributed by atoms with E-state index in [4.69, 9.17) is 0 Å². The van der Waals surface area contributed by atoms with Gasteiger partial charge in [0.05, 0.1) is 0 Å². The van der Waals surface area contributed by atoms with Gasteiger partial charge in [-0.05, 0) is 31.4 Å². The topological polar surface area (TPSA) is 62.3 Å². The molecule has 1 aromatic heterocycles. The van der Waals surface area contributed by atoms with Crippen LogP contribution in [0.15, 0.2) is 18.3 Å². The Morgan fingerprint density at radius 2 is 2.00 bits per heavy atom. The molecule has 19 heavy (non-hydrogen) atoms. The van der Waals surface area contributed by atoms with Crippen LogP contribution in [0.4, 0.5) is 5.82 Å². The molecule has 1 N–H and O–H groups in total. The average Bonchev–Trinajstić information content (AvgIpc) is 2.41. The number of likely N-dealkylation sites (tertiary alicyclic amines) is 1. The molecule has 0 radical (unpaired) electrons. The summed E-state index contributed by atoms with van der Waals surface area (Å²) in [5, 5.41) is 2.83. The van der Waals surface area contributed by atoms with Crippen LogP contribution < -0.4 is 5.32 Å². The number of nitrogens with zero attached hydrogens (tertiary/aromatic N) is 2. The molecule has 1 aliphatic heterocycles. The van der Waals surface area contributed by atoms with Gasteiger partial charge in [-0.15, -0.1) is 0 Å². The first-order valence-corrected chi connectivity index (χ1v) is 6.55. The highest BCUT2D eigenvalue weighted by Crippen LogP contribution is 2.19. The Kier molecular flexibility index (Phi) is 4.14. The van der Waals surface area contributed by atoms with E-state index in [1.54, 1.807) is 24.1 Å². The number of nitrogens with one attached hydrogen (secondary N) is 1. The Bertz CT molecular complexity index is 462. The van der Waals surface area contributed by atoms with E-state index in [1.165, 1.54) is 0 Å². The number of rotatable bonds is 2. The molecule has 1 aliphatic rings. The van der Waals surface area contributed by atoms with Crippen molar-refractivity contribution in [3.8, 4) is 0 Å². The minimum absolute atomic E-state index is 0.000412. The molecule has 0 bridgehead atoms. The second-order valence-corrected chi connectivity index (χ2v) is 4.99. The number of carbonyl (C=O) groups is 2. The molecule has 0 spiro atoms. The quantitative estimate of drug-likeness (QED) is 0.879. The molecule has 5 nitrogen and oxygen atoms in total. The van der Waals surface area contributed by atoms with Gasteiger partial charge in [-0.2, -0.15) is 0 Å². The van der Waals surface area contributed by atoms with Gasteiger partial charge in [-0.1, -0.05) is 6.07 Å². The van der Waals surface area contributed by atoms with E-state index in [0.29, 0.717) is 18.9 Å². The Morgan fingerprint density at radius 3 is 2.53 bits per heavy atom. The van der Waals surface area contributed by atoms with Crippen LogP contribution in [0.3, 0.4) is 0 Å². The van der Waals surface area contributed by atoms with E-state index in [0.717, 1.165) is 18.4 Å². The molecule has 2 heterocycles. The van der Waals surface area contributed by atoms with Gasteiger partial charge in [0, 0.05) is 32.1 Å². The number of aromatic nitrogens is 1. The summed E-state index contributed by atoms with van der Waals surface area (Å²) in [4.78, 5) is 29.2. The average molecular weight is 261 g/mol. The minimum Gasteiger partial charge on any atom is -0.343 e. The first kappa shape index (κ1) is 13.5. The van der Waals surface area contributed by atoms with Crippen LogP contribution in [0.1, 0.15) is 25.3 Å².